The molecule has 0 saturated heterocycles. The van der Waals surface area contributed by atoms with Gasteiger partial charge in [0.2, 0.25) is 0 Å². The molecule has 8 nitrogen and oxygen atoms in total. The van der Waals surface area contributed by atoms with Gasteiger partial charge in [0.1, 0.15) is 28.5 Å². The van der Waals surface area contributed by atoms with Crippen molar-refractivity contribution in [3.63, 3.8) is 0 Å². The van der Waals surface area contributed by atoms with E-state index in [4.69, 9.17) is 13.9 Å². The number of nitrogens with zero attached hydrogens (tertiary/aromatic N) is 2. The summed E-state index contributed by atoms with van der Waals surface area (Å²) in [6.45, 7) is 1.34. The van der Waals surface area contributed by atoms with Crippen molar-refractivity contribution < 1.29 is 18.7 Å². The molecule has 2 aromatic carbocycles. The summed E-state index contributed by atoms with van der Waals surface area (Å²) in [6, 6.07) is 15.3. The van der Waals surface area contributed by atoms with Crippen molar-refractivity contribution in [3.05, 3.63) is 71.5 Å². The molecule has 5 rings (SSSR count). The number of oxazole rings is 1. The number of hydrogen-bond acceptors (Lipinski definition) is 7. The summed E-state index contributed by atoms with van der Waals surface area (Å²) in [7, 11) is 1.56. The van der Waals surface area contributed by atoms with Crippen LogP contribution in [0.4, 0.5) is 6.01 Å². The van der Waals surface area contributed by atoms with Crippen LogP contribution in [0.25, 0.3) is 11.1 Å². The summed E-state index contributed by atoms with van der Waals surface area (Å²) in [4.78, 5) is 20.3. The molecule has 0 fully saturated rings. The average Bonchev–Trinajstić information content (AvgIpc) is 3.43. The van der Waals surface area contributed by atoms with E-state index in [1.165, 1.54) is 11.8 Å². The van der Waals surface area contributed by atoms with Crippen molar-refractivity contribution in [3.8, 4) is 17.2 Å². The minimum absolute atomic E-state index is 0.275. The molecule has 0 aliphatic carbocycles. The number of carbonyl (C=O) groups excluding carboxylic acids is 1. The van der Waals surface area contributed by atoms with Gasteiger partial charge in [-0.25, -0.2) is 0 Å². The third kappa shape index (κ3) is 4.00. The summed E-state index contributed by atoms with van der Waals surface area (Å²) in [5.74, 6) is 1.77. The van der Waals surface area contributed by atoms with Crippen LogP contribution in [0.1, 0.15) is 21.6 Å². The first kappa shape index (κ1) is 18.9. The van der Waals surface area contributed by atoms with Crippen molar-refractivity contribution >= 4 is 23.0 Å². The van der Waals surface area contributed by atoms with E-state index in [9.17, 15) is 4.79 Å². The Bertz CT molecular complexity index is 1270. The number of carbonyl (C=O) groups is 1. The van der Waals surface area contributed by atoms with E-state index in [0.717, 1.165) is 29.9 Å². The van der Waals surface area contributed by atoms with Crippen molar-refractivity contribution in [1.29, 1.82) is 0 Å². The van der Waals surface area contributed by atoms with Gasteiger partial charge >= 0.3 is 0 Å². The molecule has 31 heavy (non-hydrogen) atoms. The molecule has 1 aliphatic heterocycles. The molecule has 1 amide bonds. The fraction of sp³-hybridized carbons (Fsp3) is 0.174. The van der Waals surface area contributed by atoms with Gasteiger partial charge in [-0.2, -0.15) is 4.98 Å². The second-order valence-electron chi connectivity index (χ2n) is 7.10. The number of rotatable bonds is 6. The topological polar surface area (TPSA) is 98.5 Å². The third-order valence-electron chi connectivity index (χ3n) is 4.98. The number of anilines is 1. The van der Waals surface area contributed by atoms with E-state index in [-0.39, 0.29) is 11.6 Å². The van der Waals surface area contributed by atoms with Gasteiger partial charge in [-0.15, -0.1) is 0 Å². The number of benzene rings is 2. The summed E-state index contributed by atoms with van der Waals surface area (Å²) in [6.07, 6.45) is 2.47. The molecular formula is C23H20N4O4. The van der Waals surface area contributed by atoms with Crippen molar-refractivity contribution in [1.82, 2.24) is 15.3 Å². The van der Waals surface area contributed by atoms with Crippen LogP contribution in [0.15, 0.2) is 59.1 Å². The molecule has 0 spiro atoms. The van der Waals surface area contributed by atoms with Crippen LogP contribution >= 0.6 is 0 Å². The highest BCUT2D eigenvalue weighted by Gasteiger charge is 2.13. The summed E-state index contributed by atoms with van der Waals surface area (Å²) < 4.78 is 17.2. The van der Waals surface area contributed by atoms with Crippen molar-refractivity contribution in [2.24, 2.45) is 0 Å². The van der Waals surface area contributed by atoms with Gasteiger partial charge in [0.15, 0.2) is 5.58 Å². The van der Waals surface area contributed by atoms with Gasteiger partial charge in [-0.1, -0.05) is 12.1 Å². The Labute approximate surface area is 178 Å². The Morgan fingerprint density at radius 1 is 1.13 bits per heavy atom. The molecule has 0 bridgehead atoms. The van der Waals surface area contributed by atoms with E-state index in [1.54, 1.807) is 31.3 Å². The summed E-state index contributed by atoms with van der Waals surface area (Å²) in [5, 5.41) is 5.77. The third-order valence-corrected chi connectivity index (χ3v) is 4.98. The lowest BCUT2D eigenvalue weighted by atomic mass is 10.1. The van der Waals surface area contributed by atoms with Crippen molar-refractivity contribution in [2.75, 3.05) is 19.0 Å². The molecule has 2 N–H and O–H groups in total. The van der Waals surface area contributed by atoms with E-state index in [0.29, 0.717) is 29.6 Å². The Kier molecular flexibility index (Phi) is 4.87. The second-order valence-corrected chi connectivity index (χ2v) is 7.10. The van der Waals surface area contributed by atoms with Gasteiger partial charge in [0.05, 0.1) is 6.61 Å². The molecule has 3 heterocycles. The minimum Gasteiger partial charge on any atom is -0.493 e. The largest absolute Gasteiger partial charge is 0.493 e. The van der Waals surface area contributed by atoms with Gasteiger partial charge in [-0.05, 0) is 35.4 Å². The van der Waals surface area contributed by atoms with E-state index in [2.05, 4.69) is 26.7 Å². The maximum absolute atomic E-state index is 11.7. The molecule has 156 valence electrons. The Balaban J connectivity index is 1.29. The van der Waals surface area contributed by atoms with Crippen LogP contribution in [0, 0.1) is 0 Å². The molecule has 1 aliphatic rings. The predicted octanol–water partition coefficient (Wildman–Crippen LogP) is 3.92. The minimum atomic E-state index is -0.275. The van der Waals surface area contributed by atoms with E-state index < -0.39 is 0 Å². The predicted molar refractivity (Wildman–Crippen MR) is 115 cm³/mol. The van der Waals surface area contributed by atoms with E-state index in [1.807, 2.05) is 18.2 Å². The number of pyridine rings is 1. The van der Waals surface area contributed by atoms with Crippen LogP contribution in [-0.4, -0.2) is 29.5 Å². The first-order chi connectivity index (χ1) is 15.2. The molecule has 8 heteroatoms. The molecule has 0 saturated carbocycles. The summed E-state index contributed by atoms with van der Waals surface area (Å²) >= 11 is 0. The Hall–Kier alpha value is -4.07. The maximum atomic E-state index is 11.7. The lowest BCUT2D eigenvalue weighted by molar-refractivity contribution is 0.0958. The Morgan fingerprint density at radius 2 is 2.03 bits per heavy atom. The van der Waals surface area contributed by atoms with Crippen molar-refractivity contribution in [2.45, 2.75) is 13.0 Å². The van der Waals surface area contributed by atoms with E-state index >= 15 is 0 Å². The zero-order valence-electron chi connectivity index (χ0n) is 16.8. The molecule has 4 aromatic rings. The Morgan fingerprint density at radius 3 is 2.94 bits per heavy atom. The number of fused-ring (bicyclic) bond motifs is 2. The zero-order chi connectivity index (χ0) is 21.2. The quantitative estimate of drug-likeness (QED) is 0.491. The number of hydrogen-bond donors (Lipinski definition) is 2. The standard InChI is InChI=1S/C23H20N4O4/c1-24-22(28)19-11-17(6-8-25-19)30-16-3-4-18-21(12-16)31-23(27-18)26-13-14-2-5-20-15(10-14)7-9-29-20/h2-6,8,10-12H,7,9,13H2,1H3,(H,24,28)(H,26,27). The average molecular weight is 416 g/mol. The molecule has 0 atom stereocenters. The fourth-order valence-electron chi connectivity index (χ4n) is 3.43. The van der Waals surface area contributed by atoms with Gasteiger partial charge in [-0.3, -0.25) is 9.78 Å². The van der Waals surface area contributed by atoms with Crippen LogP contribution in [0.2, 0.25) is 0 Å². The van der Waals surface area contributed by atoms with Gasteiger partial charge in [0, 0.05) is 38.3 Å². The van der Waals surface area contributed by atoms with Crippen LogP contribution in [-0.2, 0) is 13.0 Å². The summed E-state index contributed by atoms with van der Waals surface area (Å²) in [5.41, 5.74) is 3.97. The van der Waals surface area contributed by atoms with Crippen LogP contribution in [0.3, 0.4) is 0 Å². The smallest absolute Gasteiger partial charge is 0.295 e. The van der Waals surface area contributed by atoms with Crippen LogP contribution in [0.5, 0.6) is 17.2 Å². The molecule has 0 radical (unpaired) electrons. The van der Waals surface area contributed by atoms with Gasteiger partial charge in [0.25, 0.3) is 11.9 Å². The molecule has 2 aromatic heterocycles. The number of aromatic nitrogens is 2. The monoisotopic (exact) mass is 416 g/mol. The second kappa shape index (κ2) is 7.98. The highest BCUT2D eigenvalue weighted by Crippen LogP contribution is 2.29. The highest BCUT2D eigenvalue weighted by molar-refractivity contribution is 5.92. The first-order valence-corrected chi connectivity index (χ1v) is 9.93. The molecule has 0 unspecified atom stereocenters. The zero-order valence-corrected chi connectivity index (χ0v) is 16.8. The number of ether oxygens (including phenoxy) is 2. The van der Waals surface area contributed by atoms with Crippen LogP contribution < -0.4 is 20.1 Å². The first-order valence-electron chi connectivity index (χ1n) is 9.93. The maximum Gasteiger partial charge on any atom is 0.295 e. The molecular weight excluding hydrogens is 396 g/mol. The van der Waals surface area contributed by atoms with Gasteiger partial charge < -0.3 is 24.5 Å². The lowest BCUT2D eigenvalue weighted by Crippen LogP contribution is -2.18. The number of nitrogens with one attached hydrogen (secondary N) is 2. The normalized spacial score (nSPS) is 12.3. The fourth-order valence-corrected chi connectivity index (χ4v) is 3.43. The SMILES string of the molecule is CNC(=O)c1cc(Oc2ccc3nc(NCc4ccc5c(c4)CCO5)oc3c2)ccn1. The highest BCUT2D eigenvalue weighted by atomic mass is 16.5. The number of amides is 1. The lowest BCUT2D eigenvalue weighted by Gasteiger charge is -2.06.